The predicted molar refractivity (Wildman–Crippen MR) is 79.2 cm³/mol. The van der Waals surface area contributed by atoms with Crippen molar-refractivity contribution >= 4 is 22.4 Å². The summed E-state index contributed by atoms with van der Waals surface area (Å²) >= 11 is 1.34. The van der Waals surface area contributed by atoms with Gasteiger partial charge < -0.3 is 15.8 Å². The van der Waals surface area contributed by atoms with Crippen LogP contribution in [0.15, 0.2) is 29.6 Å². The Morgan fingerprint density at radius 3 is 2.80 bits per heavy atom. The Labute approximate surface area is 121 Å². The highest BCUT2D eigenvalue weighted by Gasteiger charge is 2.08. The van der Waals surface area contributed by atoms with E-state index in [1.165, 1.54) is 11.3 Å². The van der Waals surface area contributed by atoms with Crippen LogP contribution in [-0.2, 0) is 29.1 Å². The molecular weight excluding hydrogens is 274 g/mol. The molecule has 0 fully saturated rings. The molecule has 0 spiro atoms. The van der Waals surface area contributed by atoms with Crippen LogP contribution in [-0.4, -0.2) is 18.0 Å². The summed E-state index contributed by atoms with van der Waals surface area (Å²) in [6.07, 6.45) is 0.250. The second-order valence-electron chi connectivity index (χ2n) is 4.33. The highest BCUT2D eigenvalue weighted by molar-refractivity contribution is 7.13. The molecule has 0 atom stereocenters. The van der Waals surface area contributed by atoms with Gasteiger partial charge in [-0.1, -0.05) is 24.3 Å². The molecule has 0 saturated carbocycles. The lowest BCUT2D eigenvalue weighted by Gasteiger charge is -2.09. The number of nitrogens with two attached hydrogens (primary N) is 1. The number of benzene rings is 1. The van der Waals surface area contributed by atoms with Crippen molar-refractivity contribution in [3.63, 3.8) is 0 Å². The average Bonchev–Trinajstić information content (AvgIpc) is 2.83. The van der Waals surface area contributed by atoms with Crippen molar-refractivity contribution < 1.29 is 9.53 Å². The highest BCUT2D eigenvalue weighted by atomic mass is 32.1. The summed E-state index contributed by atoms with van der Waals surface area (Å²) < 4.78 is 5.14. The first-order chi connectivity index (χ1) is 9.69. The molecule has 2 aromatic rings. The third kappa shape index (κ3) is 4.04. The predicted octanol–water partition coefficient (Wildman–Crippen LogP) is 1.73. The number of thiazole rings is 1. The normalized spacial score (nSPS) is 10.4. The fourth-order valence-corrected chi connectivity index (χ4v) is 2.41. The van der Waals surface area contributed by atoms with E-state index in [9.17, 15) is 4.79 Å². The van der Waals surface area contributed by atoms with Crippen LogP contribution in [0, 0.1) is 0 Å². The number of hydrogen-bond donors (Lipinski definition) is 2. The fourth-order valence-electron chi connectivity index (χ4n) is 1.85. The van der Waals surface area contributed by atoms with Gasteiger partial charge in [-0.25, -0.2) is 4.98 Å². The van der Waals surface area contributed by atoms with E-state index in [2.05, 4.69) is 10.3 Å². The van der Waals surface area contributed by atoms with Crippen LogP contribution in [0.3, 0.4) is 0 Å². The second kappa shape index (κ2) is 7.02. The molecule has 0 aliphatic carbocycles. The van der Waals surface area contributed by atoms with Crippen molar-refractivity contribution in [3.05, 3.63) is 46.5 Å². The Morgan fingerprint density at radius 1 is 1.40 bits per heavy atom. The Hall–Kier alpha value is -1.92. The maximum absolute atomic E-state index is 11.8. The highest BCUT2D eigenvalue weighted by Crippen LogP contribution is 2.12. The van der Waals surface area contributed by atoms with E-state index in [0.29, 0.717) is 24.0 Å². The summed E-state index contributed by atoms with van der Waals surface area (Å²) in [5.74, 6) is -0.0671. The van der Waals surface area contributed by atoms with Gasteiger partial charge in [0.1, 0.15) is 0 Å². The summed E-state index contributed by atoms with van der Waals surface area (Å²) in [5.41, 5.74) is 8.37. The Bertz CT molecular complexity index is 583. The van der Waals surface area contributed by atoms with Crippen molar-refractivity contribution in [2.24, 2.45) is 0 Å². The number of ether oxygens (including phenoxy) is 1. The summed E-state index contributed by atoms with van der Waals surface area (Å²) in [4.78, 5) is 15.9. The number of methoxy groups -OCH3 is 1. The van der Waals surface area contributed by atoms with Gasteiger partial charge in [-0.2, -0.15) is 0 Å². The minimum atomic E-state index is -0.0671. The van der Waals surface area contributed by atoms with E-state index in [1.807, 2.05) is 24.3 Å². The minimum absolute atomic E-state index is 0.0671. The fraction of sp³-hybridized carbons (Fsp3) is 0.286. The summed E-state index contributed by atoms with van der Waals surface area (Å²) in [5, 5.41) is 5.17. The summed E-state index contributed by atoms with van der Waals surface area (Å²) in [7, 11) is 1.65. The Morgan fingerprint density at radius 2 is 2.15 bits per heavy atom. The molecule has 106 valence electrons. The third-order valence-corrected chi connectivity index (χ3v) is 3.53. The summed E-state index contributed by atoms with van der Waals surface area (Å²) in [6.45, 7) is 1.02. The Kier molecular flexibility index (Phi) is 5.09. The molecule has 0 bridgehead atoms. The molecule has 1 aromatic carbocycles. The number of carbonyl (C=O) groups excluding carboxylic acids is 1. The van der Waals surface area contributed by atoms with E-state index in [1.54, 1.807) is 12.5 Å². The van der Waals surface area contributed by atoms with Crippen molar-refractivity contribution in [2.45, 2.75) is 19.6 Å². The first kappa shape index (κ1) is 14.5. The monoisotopic (exact) mass is 291 g/mol. The van der Waals surface area contributed by atoms with Crippen LogP contribution >= 0.6 is 11.3 Å². The van der Waals surface area contributed by atoms with Crippen LogP contribution in [0.25, 0.3) is 0 Å². The standard InChI is InChI=1S/C14H17N3O2S/c1-19-8-11-5-3-2-4-10(11)7-16-13(18)6-12-9-20-14(15)17-12/h2-5,9H,6-8H2,1H3,(H2,15,17)(H,16,18). The van der Waals surface area contributed by atoms with Gasteiger partial charge in [0.25, 0.3) is 0 Å². The number of carbonyl (C=O) groups is 1. The van der Waals surface area contributed by atoms with Crippen LogP contribution in [0.5, 0.6) is 0 Å². The molecule has 1 aromatic heterocycles. The lowest BCUT2D eigenvalue weighted by atomic mass is 10.1. The van der Waals surface area contributed by atoms with Gasteiger partial charge in [-0.3, -0.25) is 4.79 Å². The van der Waals surface area contributed by atoms with Crippen LogP contribution in [0.4, 0.5) is 5.13 Å². The first-order valence-electron chi connectivity index (χ1n) is 6.21. The number of rotatable bonds is 6. The van der Waals surface area contributed by atoms with Gasteiger partial charge in [0.2, 0.25) is 5.91 Å². The molecule has 20 heavy (non-hydrogen) atoms. The van der Waals surface area contributed by atoms with Gasteiger partial charge in [-0.15, -0.1) is 11.3 Å². The van der Waals surface area contributed by atoms with Crippen molar-refractivity contribution in [1.82, 2.24) is 10.3 Å². The van der Waals surface area contributed by atoms with E-state index < -0.39 is 0 Å². The van der Waals surface area contributed by atoms with E-state index >= 15 is 0 Å². The smallest absolute Gasteiger partial charge is 0.226 e. The maximum Gasteiger partial charge on any atom is 0.226 e. The first-order valence-corrected chi connectivity index (χ1v) is 7.09. The second-order valence-corrected chi connectivity index (χ2v) is 5.22. The topological polar surface area (TPSA) is 77.2 Å². The van der Waals surface area contributed by atoms with Gasteiger partial charge in [0.05, 0.1) is 18.7 Å². The molecule has 3 N–H and O–H groups in total. The zero-order valence-electron chi connectivity index (χ0n) is 11.3. The Balaban J connectivity index is 1.90. The summed E-state index contributed by atoms with van der Waals surface area (Å²) in [6, 6.07) is 7.88. The van der Waals surface area contributed by atoms with Crippen LogP contribution < -0.4 is 11.1 Å². The van der Waals surface area contributed by atoms with Crippen molar-refractivity contribution in [1.29, 1.82) is 0 Å². The van der Waals surface area contributed by atoms with E-state index in [-0.39, 0.29) is 12.3 Å². The molecule has 5 nitrogen and oxygen atoms in total. The van der Waals surface area contributed by atoms with Gasteiger partial charge in [0.15, 0.2) is 5.13 Å². The number of nitrogens with one attached hydrogen (secondary N) is 1. The van der Waals surface area contributed by atoms with E-state index in [0.717, 1.165) is 11.1 Å². The molecule has 6 heteroatoms. The SMILES string of the molecule is COCc1ccccc1CNC(=O)Cc1csc(N)n1. The van der Waals surface area contributed by atoms with Crippen molar-refractivity contribution in [3.8, 4) is 0 Å². The minimum Gasteiger partial charge on any atom is -0.380 e. The molecule has 0 radical (unpaired) electrons. The molecular formula is C14H17N3O2S. The molecule has 0 aliphatic rings. The number of anilines is 1. The van der Waals surface area contributed by atoms with Gasteiger partial charge in [-0.05, 0) is 11.1 Å². The molecule has 1 heterocycles. The third-order valence-electron chi connectivity index (χ3n) is 2.81. The quantitative estimate of drug-likeness (QED) is 0.849. The number of aromatic nitrogens is 1. The number of nitrogens with zero attached hydrogens (tertiary/aromatic N) is 1. The lowest BCUT2D eigenvalue weighted by molar-refractivity contribution is -0.120. The largest absolute Gasteiger partial charge is 0.380 e. The van der Waals surface area contributed by atoms with Crippen molar-refractivity contribution in [2.75, 3.05) is 12.8 Å². The zero-order chi connectivity index (χ0) is 14.4. The van der Waals surface area contributed by atoms with E-state index in [4.69, 9.17) is 10.5 Å². The van der Waals surface area contributed by atoms with Crippen LogP contribution in [0.2, 0.25) is 0 Å². The van der Waals surface area contributed by atoms with Crippen LogP contribution in [0.1, 0.15) is 16.8 Å². The van der Waals surface area contributed by atoms with Gasteiger partial charge in [0, 0.05) is 19.0 Å². The lowest BCUT2D eigenvalue weighted by Crippen LogP contribution is -2.25. The molecule has 2 rings (SSSR count). The van der Waals surface area contributed by atoms with Gasteiger partial charge >= 0.3 is 0 Å². The number of amides is 1. The molecule has 0 saturated heterocycles. The molecule has 0 aliphatic heterocycles. The molecule has 0 unspecified atom stereocenters. The molecule has 1 amide bonds. The number of hydrogen-bond acceptors (Lipinski definition) is 5. The number of nitrogen functional groups attached to an aromatic ring is 1. The zero-order valence-corrected chi connectivity index (χ0v) is 12.1. The maximum atomic E-state index is 11.8. The average molecular weight is 291 g/mol.